The van der Waals surface area contributed by atoms with E-state index in [-0.39, 0.29) is 10.6 Å². The third-order valence-electron chi connectivity index (χ3n) is 4.07. The first-order valence-electron chi connectivity index (χ1n) is 7.60. The standard InChI is InChI=1S/C15H17N5O4S/c1-25(23,24)12-2-3-13(14(10-12)20(21)22)18-6-8-19(9-7-18)15-11-16-4-5-17-15/h2-5,10-11H,6-9H2,1H3. The second-order valence-corrected chi connectivity index (χ2v) is 7.73. The van der Waals surface area contributed by atoms with E-state index < -0.39 is 14.8 Å². The lowest BCUT2D eigenvalue weighted by Crippen LogP contribution is -2.47. The molecule has 10 heteroatoms. The summed E-state index contributed by atoms with van der Waals surface area (Å²) >= 11 is 0. The molecule has 0 unspecified atom stereocenters. The number of piperazine rings is 1. The van der Waals surface area contributed by atoms with Gasteiger partial charge in [0.15, 0.2) is 9.84 Å². The number of hydrogen-bond donors (Lipinski definition) is 0. The normalized spacial score (nSPS) is 15.2. The van der Waals surface area contributed by atoms with Crippen molar-refractivity contribution in [2.75, 3.05) is 42.2 Å². The van der Waals surface area contributed by atoms with Crippen LogP contribution in [-0.2, 0) is 9.84 Å². The lowest BCUT2D eigenvalue weighted by Gasteiger charge is -2.36. The second-order valence-electron chi connectivity index (χ2n) is 5.72. The molecule has 0 N–H and O–H groups in total. The Morgan fingerprint density at radius 2 is 1.80 bits per heavy atom. The minimum absolute atomic E-state index is 0.0545. The van der Waals surface area contributed by atoms with E-state index in [2.05, 4.69) is 14.9 Å². The number of anilines is 2. The van der Waals surface area contributed by atoms with Gasteiger partial charge in [-0.3, -0.25) is 15.1 Å². The van der Waals surface area contributed by atoms with Crippen LogP contribution in [0.3, 0.4) is 0 Å². The number of rotatable bonds is 4. The maximum atomic E-state index is 11.6. The molecule has 0 saturated carbocycles. The molecule has 0 aliphatic carbocycles. The summed E-state index contributed by atoms with van der Waals surface area (Å²) in [6.45, 7) is 2.42. The van der Waals surface area contributed by atoms with E-state index in [1.165, 1.54) is 12.1 Å². The van der Waals surface area contributed by atoms with Gasteiger partial charge < -0.3 is 9.80 Å². The maximum absolute atomic E-state index is 11.6. The molecule has 1 aliphatic rings. The lowest BCUT2D eigenvalue weighted by atomic mass is 10.2. The van der Waals surface area contributed by atoms with E-state index >= 15 is 0 Å². The molecule has 1 aliphatic heterocycles. The van der Waals surface area contributed by atoms with Crippen molar-refractivity contribution >= 4 is 27.0 Å². The quantitative estimate of drug-likeness (QED) is 0.587. The Morgan fingerprint density at radius 3 is 2.36 bits per heavy atom. The van der Waals surface area contributed by atoms with Crippen LogP contribution in [0.5, 0.6) is 0 Å². The lowest BCUT2D eigenvalue weighted by molar-refractivity contribution is -0.384. The summed E-state index contributed by atoms with van der Waals surface area (Å²) in [6.07, 6.45) is 5.94. The van der Waals surface area contributed by atoms with Crippen molar-refractivity contribution in [2.45, 2.75) is 4.90 Å². The highest BCUT2D eigenvalue weighted by molar-refractivity contribution is 7.90. The second kappa shape index (κ2) is 6.63. The van der Waals surface area contributed by atoms with Crippen LogP contribution in [0, 0.1) is 10.1 Å². The van der Waals surface area contributed by atoms with Crippen LogP contribution >= 0.6 is 0 Å². The number of nitro groups is 1. The zero-order valence-electron chi connectivity index (χ0n) is 13.6. The average molecular weight is 363 g/mol. The molecule has 2 heterocycles. The Kier molecular flexibility index (Phi) is 4.53. The summed E-state index contributed by atoms with van der Waals surface area (Å²) in [6, 6.07) is 4.04. The van der Waals surface area contributed by atoms with Gasteiger partial charge in [-0.2, -0.15) is 0 Å². The van der Waals surface area contributed by atoms with Gasteiger partial charge in [0.1, 0.15) is 11.5 Å². The summed E-state index contributed by atoms with van der Waals surface area (Å²) in [5.41, 5.74) is 0.229. The molecule has 1 saturated heterocycles. The highest BCUT2D eigenvalue weighted by atomic mass is 32.2. The van der Waals surface area contributed by atoms with Crippen LogP contribution in [0.1, 0.15) is 0 Å². The SMILES string of the molecule is CS(=O)(=O)c1ccc(N2CCN(c3cnccn3)CC2)c([N+](=O)[O-])c1. The van der Waals surface area contributed by atoms with Crippen LogP contribution < -0.4 is 9.80 Å². The number of sulfone groups is 1. The van der Waals surface area contributed by atoms with Crippen molar-refractivity contribution in [1.82, 2.24) is 9.97 Å². The van der Waals surface area contributed by atoms with Gasteiger partial charge in [-0.15, -0.1) is 0 Å². The topological polar surface area (TPSA) is 110 Å². The third-order valence-corrected chi connectivity index (χ3v) is 5.18. The first kappa shape index (κ1) is 17.1. The molecule has 25 heavy (non-hydrogen) atoms. The molecule has 0 amide bonds. The summed E-state index contributed by atoms with van der Waals surface area (Å²) in [5.74, 6) is 0.768. The van der Waals surface area contributed by atoms with Gasteiger partial charge in [0.05, 0.1) is 16.0 Å². The number of nitrogens with zero attached hydrogens (tertiary/aromatic N) is 5. The highest BCUT2D eigenvalue weighted by Gasteiger charge is 2.26. The highest BCUT2D eigenvalue weighted by Crippen LogP contribution is 2.31. The summed E-state index contributed by atoms with van der Waals surface area (Å²) in [4.78, 5) is 23.0. The molecule has 9 nitrogen and oxygen atoms in total. The Hall–Kier alpha value is -2.75. The Labute approximate surface area is 145 Å². The van der Waals surface area contributed by atoms with Crippen molar-refractivity contribution < 1.29 is 13.3 Å². The summed E-state index contributed by atoms with van der Waals surface area (Å²) in [7, 11) is -3.50. The van der Waals surface area contributed by atoms with Crippen LogP contribution in [0.15, 0.2) is 41.7 Å². The van der Waals surface area contributed by atoms with Gasteiger partial charge in [-0.05, 0) is 12.1 Å². The number of benzene rings is 1. The fourth-order valence-electron chi connectivity index (χ4n) is 2.78. The fraction of sp³-hybridized carbons (Fsp3) is 0.333. The molecule has 1 fully saturated rings. The van der Waals surface area contributed by atoms with E-state index in [0.29, 0.717) is 31.9 Å². The van der Waals surface area contributed by atoms with Crippen molar-refractivity contribution in [3.05, 3.63) is 46.9 Å². The molecule has 0 bridgehead atoms. The largest absolute Gasteiger partial charge is 0.362 e. The van der Waals surface area contributed by atoms with E-state index in [0.717, 1.165) is 18.1 Å². The summed E-state index contributed by atoms with van der Waals surface area (Å²) in [5, 5.41) is 11.4. The zero-order chi connectivity index (χ0) is 18.0. The average Bonchev–Trinajstić information content (AvgIpc) is 2.61. The van der Waals surface area contributed by atoms with Crippen LogP contribution in [0.25, 0.3) is 0 Å². The number of aromatic nitrogens is 2. The van der Waals surface area contributed by atoms with Crippen molar-refractivity contribution in [3.8, 4) is 0 Å². The predicted octanol–water partition coefficient (Wildman–Crippen LogP) is 1.11. The molecule has 132 valence electrons. The van der Waals surface area contributed by atoms with E-state index in [4.69, 9.17) is 0 Å². The molecule has 0 spiro atoms. The minimum Gasteiger partial charge on any atom is -0.362 e. The summed E-state index contributed by atoms with van der Waals surface area (Å²) < 4.78 is 23.3. The maximum Gasteiger partial charge on any atom is 0.293 e. The van der Waals surface area contributed by atoms with E-state index in [1.54, 1.807) is 18.6 Å². The molecule has 1 aromatic carbocycles. The molecule has 3 rings (SSSR count). The molecule has 0 atom stereocenters. The fourth-order valence-corrected chi connectivity index (χ4v) is 3.42. The van der Waals surface area contributed by atoms with E-state index in [1.807, 2.05) is 4.90 Å². The number of hydrogen-bond acceptors (Lipinski definition) is 8. The predicted molar refractivity (Wildman–Crippen MR) is 92.7 cm³/mol. The monoisotopic (exact) mass is 363 g/mol. The van der Waals surface area contributed by atoms with Gasteiger partial charge in [0.25, 0.3) is 5.69 Å². The first-order valence-corrected chi connectivity index (χ1v) is 9.50. The molecule has 2 aromatic rings. The van der Waals surface area contributed by atoms with Gasteiger partial charge in [-0.25, -0.2) is 13.4 Å². The van der Waals surface area contributed by atoms with E-state index in [9.17, 15) is 18.5 Å². The van der Waals surface area contributed by atoms with Crippen molar-refractivity contribution in [3.63, 3.8) is 0 Å². The minimum atomic E-state index is -3.50. The molecular formula is C15H17N5O4S. The third kappa shape index (κ3) is 3.68. The Balaban J connectivity index is 1.82. The Bertz CT molecular complexity index is 880. The number of nitro benzene ring substituents is 1. The first-order chi connectivity index (χ1) is 11.9. The molecule has 0 radical (unpaired) electrons. The van der Waals surface area contributed by atoms with Gasteiger partial charge in [0, 0.05) is 50.9 Å². The van der Waals surface area contributed by atoms with Crippen molar-refractivity contribution in [2.24, 2.45) is 0 Å². The molecule has 1 aromatic heterocycles. The van der Waals surface area contributed by atoms with Crippen molar-refractivity contribution in [1.29, 1.82) is 0 Å². The van der Waals surface area contributed by atoms with Gasteiger partial charge >= 0.3 is 0 Å². The van der Waals surface area contributed by atoms with Crippen LogP contribution in [-0.4, -0.2) is 55.7 Å². The van der Waals surface area contributed by atoms with Gasteiger partial charge in [-0.1, -0.05) is 0 Å². The zero-order valence-corrected chi connectivity index (χ0v) is 14.4. The van der Waals surface area contributed by atoms with Crippen LogP contribution in [0.2, 0.25) is 0 Å². The Morgan fingerprint density at radius 1 is 1.12 bits per heavy atom. The van der Waals surface area contributed by atoms with Gasteiger partial charge in [0.2, 0.25) is 0 Å². The smallest absolute Gasteiger partial charge is 0.293 e. The molecular weight excluding hydrogens is 346 g/mol. The van der Waals surface area contributed by atoms with Crippen LogP contribution in [0.4, 0.5) is 17.2 Å².